The van der Waals surface area contributed by atoms with Gasteiger partial charge in [0.25, 0.3) is 0 Å². The van der Waals surface area contributed by atoms with Crippen LogP contribution in [-0.2, 0) is 18.3 Å². The van der Waals surface area contributed by atoms with Gasteiger partial charge in [-0.3, -0.25) is 4.79 Å². The second-order valence-electron chi connectivity index (χ2n) is 7.07. The van der Waals surface area contributed by atoms with Crippen LogP contribution < -0.4 is 10.1 Å². The van der Waals surface area contributed by atoms with Gasteiger partial charge in [-0.2, -0.15) is 0 Å². The molecule has 0 bridgehead atoms. The van der Waals surface area contributed by atoms with Crippen LogP contribution in [0.1, 0.15) is 30.0 Å². The number of carbonyl (C=O) groups excluding carboxylic acids is 1. The summed E-state index contributed by atoms with van der Waals surface area (Å²) >= 11 is 1.39. The molecule has 0 aliphatic heterocycles. The lowest BCUT2D eigenvalue weighted by atomic mass is 9.88. The maximum Gasteiger partial charge on any atom is 0.230 e. The maximum absolute atomic E-state index is 12.6. The van der Waals surface area contributed by atoms with Crippen LogP contribution in [0.5, 0.6) is 5.75 Å². The Kier molecular flexibility index (Phi) is 5.85. The van der Waals surface area contributed by atoms with E-state index in [2.05, 4.69) is 33.7 Å². The molecule has 2 aromatic carbocycles. The number of aromatic nitrogens is 3. The number of para-hydroxylation sites is 1. The average Bonchev–Trinajstić information content (AvgIpc) is 3.12. The molecule has 150 valence electrons. The van der Waals surface area contributed by atoms with Crippen LogP contribution in [0.25, 0.3) is 11.4 Å². The van der Waals surface area contributed by atoms with Crippen LogP contribution >= 0.6 is 11.8 Å². The Morgan fingerprint density at radius 3 is 2.86 bits per heavy atom. The van der Waals surface area contributed by atoms with E-state index < -0.39 is 0 Å². The predicted molar refractivity (Wildman–Crippen MR) is 114 cm³/mol. The smallest absolute Gasteiger partial charge is 0.230 e. The molecule has 0 radical (unpaired) electrons. The first-order valence-electron chi connectivity index (χ1n) is 9.70. The summed E-state index contributed by atoms with van der Waals surface area (Å²) in [5, 5.41) is 12.4. The number of nitrogens with one attached hydrogen (secondary N) is 1. The molecule has 4 rings (SSSR count). The first-order chi connectivity index (χ1) is 14.2. The first kappa shape index (κ1) is 19.5. The fourth-order valence-electron chi connectivity index (χ4n) is 3.77. The minimum atomic E-state index is 0.0125. The van der Waals surface area contributed by atoms with Gasteiger partial charge in [0.15, 0.2) is 11.0 Å². The molecule has 0 fully saturated rings. The molecule has 29 heavy (non-hydrogen) atoms. The molecule has 0 spiro atoms. The SMILES string of the molecule is COc1ccccc1-c1nnc(SCC(=O)N[C@H]2CCCc3ccccc32)n1C. The summed E-state index contributed by atoms with van der Waals surface area (Å²) in [4.78, 5) is 12.6. The van der Waals surface area contributed by atoms with E-state index >= 15 is 0 Å². The topological polar surface area (TPSA) is 69.0 Å². The Bertz CT molecular complexity index is 1020. The van der Waals surface area contributed by atoms with E-state index in [0.717, 1.165) is 30.6 Å². The van der Waals surface area contributed by atoms with E-state index in [1.807, 2.05) is 41.9 Å². The third kappa shape index (κ3) is 4.15. The predicted octanol–water partition coefficient (Wildman–Crippen LogP) is 3.78. The van der Waals surface area contributed by atoms with Gasteiger partial charge in [-0.25, -0.2) is 0 Å². The van der Waals surface area contributed by atoms with Crippen LogP contribution in [0, 0.1) is 0 Å². The van der Waals surface area contributed by atoms with Crippen molar-refractivity contribution >= 4 is 17.7 Å². The first-order valence-corrected chi connectivity index (χ1v) is 10.7. The molecule has 6 nitrogen and oxygen atoms in total. The zero-order valence-corrected chi connectivity index (χ0v) is 17.4. The standard InChI is InChI=1S/C22H24N4O2S/c1-26-21(17-11-5-6-13-19(17)28-2)24-25-22(26)29-14-20(27)23-18-12-7-9-15-8-3-4-10-16(15)18/h3-6,8,10-11,13,18H,7,9,12,14H2,1-2H3,(H,23,27)/t18-/m0/s1. The van der Waals surface area contributed by atoms with E-state index in [0.29, 0.717) is 16.7 Å². The number of thioether (sulfide) groups is 1. The zero-order valence-electron chi connectivity index (χ0n) is 16.6. The van der Waals surface area contributed by atoms with Crippen LogP contribution in [0.3, 0.4) is 0 Å². The summed E-state index contributed by atoms with van der Waals surface area (Å²) in [6.07, 6.45) is 3.16. The molecule has 1 amide bonds. The maximum atomic E-state index is 12.6. The lowest BCUT2D eigenvalue weighted by molar-refractivity contribution is -0.119. The fourth-order valence-corrected chi connectivity index (χ4v) is 4.50. The third-order valence-electron chi connectivity index (χ3n) is 5.22. The average molecular weight is 409 g/mol. The summed E-state index contributed by atoms with van der Waals surface area (Å²) in [6, 6.07) is 16.2. The highest BCUT2D eigenvalue weighted by Crippen LogP contribution is 2.31. The molecule has 1 N–H and O–H groups in total. The van der Waals surface area contributed by atoms with E-state index in [-0.39, 0.29) is 11.9 Å². The van der Waals surface area contributed by atoms with E-state index in [4.69, 9.17) is 4.74 Å². The molecule has 7 heteroatoms. The highest BCUT2D eigenvalue weighted by atomic mass is 32.2. The van der Waals surface area contributed by atoms with E-state index in [1.54, 1.807) is 7.11 Å². The molecule has 0 saturated carbocycles. The number of hydrogen-bond acceptors (Lipinski definition) is 5. The minimum absolute atomic E-state index is 0.0125. The van der Waals surface area contributed by atoms with Crippen molar-refractivity contribution in [2.45, 2.75) is 30.5 Å². The van der Waals surface area contributed by atoms with Crippen molar-refractivity contribution < 1.29 is 9.53 Å². The Hall–Kier alpha value is -2.80. The number of ether oxygens (including phenoxy) is 1. The molecular weight excluding hydrogens is 384 g/mol. The van der Waals surface area contributed by atoms with Crippen molar-refractivity contribution in [3.8, 4) is 17.1 Å². The quantitative estimate of drug-likeness (QED) is 0.629. The number of aryl methyl sites for hydroxylation is 1. The second kappa shape index (κ2) is 8.69. The van der Waals surface area contributed by atoms with Gasteiger partial charge in [0.2, 0.25) is 5.91 Å². The number of carbonyl (C=O) groups is 1. The van der Waals surface area contributed by atoms with Crippen molar-refractivity contribution in [3.05, 3.63) is 59.7 Å². The van der Waals surface area contributed by atoms with Gasteiger partial charge in [-0.15, -0.1) is 10.2 Å². The van der Waals surface area contributed by atoms with Crippen molar-refractivity contribution in [2.75, 3.05) is 12.9 Å². The number of benzene rings is 2. The van der Waals surface area contributed by atoms with Crippen LogP contribution in [0.15, 0.2) is 53.7 Å². The minimum Gasteiger partial charge on any atom is -0.496 e. The number of rotatable bonds is 6. The van der Waals surface area contributed by atoms with Crippen LogP contribution in [0.2, 0.25) is 0 Å². The fraction of sp³-hybridized carbons (Fsp3) is 0.318. The van der Waals surface area contributed by atoms with Gasteiger partial charge in [0.05, 0.1) is 24.5 Å². The molecule has 3 aromatic rings. The van der Waals surface area contributed by atoms with Gasteiger partial charge < -0.3 is 14.6 Å². The Labute approximate surface area is 174 Å². The van der Waals surface area contributed by atoms with Gasteiger partial charge >= 0.3 is 0 Å². The summed E-state index contributed by atoms with van der Waals surface area (Å²) in [5.74, 6) is 1.77. The molecule has 1 atom stereocenters. The molecule has 0 unspecified atom stereocenters. The third-order valence-corrected chi connectivity index (χ3v) is 6.24. The lowest BCUT2D eigenvalue weighted by Gasteiger charge is -2.26. The molecule has 1 heterocycles. The van der Waals surface area contributed by atoms with Crippen molar-refractivity contribution in [3.63, 3.8) is 0 Å². The number of fused-ring (bicyclic) bond motifs is 1. The lowest BCUT2D eigenvalue weighted by Crippen LogP contribution is -2.32. The van der Waals surface area contributed by atoms with Gasteiger partial charge in [-0.05, 0) is 42.5 Å². The van der Waals surface area contributed by atoms with Crippen LogP contribution in [0.4, 0.5) is 0 Å². The number of amides is 1. The van der Waals surface area contributed by atoms with E-state index in [9.17, 15) is 4.79 Å². The van der Waals surface area contributed by atoms with Gasteiger partial charge in [0.1, 0.15) is 5.75 Å². The number of nitrogens with zero attached hydrogens (tertiary/aromatic N) is 3. The highest BCUT2D eigenvalue weighted by Gasteiger charge is 2.22. The molecule has 1 aliphatic rings. The highest BCUT2D eigenvalue weighted by molar-refractivity contribution is 7.99. The van der Waals surface area contributed by atoms with Gasteiger partial charge in [-0.1, -0.05) is 48.2 Å². The largest absolute Gasteiger partial charge is 0.496 e. The second-order valence-corrected chi connectivity index (χ2v) is 8.01. The summed E-state index contributed by atoms with van der Waals surface area (Å²) in [5.41, 5.74) is 3.46. The van der Waals surface area contributed by atoms with Crippen molar-refractivity contribution in [1.82, 2.24) is 20.1 Å². The Morgan fingerprint density at radius 2 is 2.00 bits per heavy atom. The summed E-state index contributed by atoms with van der Waals surface area (Å²) in [7, 11) is 3.54. The van der Waals surface area contributed by atoms with Crippen molar-refractivity contribution in [1.29, 1.82) is 0 Å². The van der Waals surface area contributed by atoms with Gasteiger partial charge in [0, 0.05) is 7.05 Å². The molecular formula is C22H24N4O2S. The Balaban J connectivity index is 1.41. The van der Waals surface area contributed by atoms with Crippen molar-refractivity contribution in [2.24, 2.45) is 7.05 Å². The number of methoxy groups -OCH3 is 1. The summed E-state index contributed by atoms with van der Waals surface area (Å²) < 4.78 is 7.32. The molecule has 1 aromatic heterocycles. The summed E-state index contributed by atoms with van der Waals surface area (Å²) in [6.45, 7) is 0. The van der Waals surface area contributed by atoms with Crippen LogP contribution in [-0.4, -0.2) is 33.5 Å². The zero-order chi connectivity index (χ0) is 20.2. The molecule has 0 saturated heterocycles. The normalized spacial score (nSPS) is 15.6. The molecule has 1 aliphatic carbocycles. The number of hydrogen-bond donors (Lipinski definition) is 1. The Morgan fingerprint density at radius 1 is 1.21 bits per heavy atom. The van der Waals surface area contributed by atoms with E-state index in [1.165, 1.54) is 22.9 Å². The monoisotopic (exact) mass is 408 g/mol.